The second-order valence-electron chi connectivity index (χ2n) is 4.61. The zero-order chi connectivity index (χ0) is 9.68. The van der Waals surface area contributed by atoms with Crippen molar-refractivity contribution < 1.29 is 5.11 Å². The lowest BCUT2D eigenvalue weighted by atomic mass is 10.1. The van der Waals surface area contributed by atoms with E-state index in [0.717, 1.165) is 19.4 Å². The van der Waals surface area contributed by atoms with E-state index in [1.165, 1.54) is 19.3 Å². The van der Waals surface area contributed by atoms with Gasteiger partial charge in [0.2, 0.25) is 0 Å². The van der Waals surface area contributed by atoms with E-state index in [1.54, 1.807) is 0 Å². The maximum atomic E-state index is 9.80. The number of aliphatic hydroxyl groups excluding tert-OH is 1. The Bertz CT molecular complexity index is 136. The lowest BCUT2D eigenvalue weighted by molar-refractivity contribution is 0.118. The summed E-state index contributed by atoms with van der Waals surface area (Å²) in [6.45, 7) is 5.44. The van der Waals surface area contributed by atoms with Gasteiger partial charge in [-0.25, -0.2) is 0 Å². The molecule has 0 aromatic heterocycles. The number of rotatable bonds is 3. The third-order valence-electron chi connectivity index (χ3n) is 2.77. The Morgan fingerprint density at radius 1 is 1.23 bits per heavy atom. The maximum absolute atomic E-state index is 9.80. The molecule has 0 saturated heterocycles. The Balaban J connectivity index is 2.27. The molecule has 0 spiro atoms. The van der Waals surface area contributed by atoms with Gasteiger partial charge in [0.15, 0.2) is 0 Å². The predicted octanol–water partition coefficient (Wildman–Crippen LogP) is 1.93. The van der Waals surface area contributed by atoms with Gasteiger partial charge in [0.05, 0.1) is 6.10 Å². The van der Waals surface area contributed by atoms with E-state index in [1.807, 2.05) is 0 Å². The van der Waals surface area contributed by atoms with E-state index in [0.29, 0.717) is 12.0 Å². The van der Waals surface area contributed by atoms with Crippen LogP contribution >= 0.6 is 0 Å². The Hall–Kier alpha value is -0.0800. The number of hydrogen-bond acceptors (Lipinski definition) is 2. The van der Waals surface area contributed by atoms with Crippen LogP contribution in [0.25, 0.3) is 0 Å². The second kappa shape index (κ2) is 5.61. The molecule has 2 unspecified atom stereocenters. The van der Waals surface area contributed by atoms with Crippen molar-refractivity contribution in [2.45, 2.75) is 58.1 Å². The molecule has 13 heavy (non-hydrogen) atoms. The van der Waals surface area contributed by atoms with Crippen LogP contribution in [-0.2, 0) is 0 Å². The summed E-state index contributed by atoms with van der Waals surface area (Å²) in [6, 6.07) is 0.352. The highest BCUT2D eigenvalue weighted by molar-refractivity contribution is 4.78. The summed E-state index contributed by atoms with van der Waals surface area (Å²) in [5.74, 6) is 0.676. The Morgan fingerprint density at radius 3 is 2.62 bits per heavy atom. The van der Waals surface area contributed by atoms with Crippen molar-refractivity contribution in [2.75, 3.05) is 6.54 Å². The van der Waals surface area contributed by atoms with Gasteiger partial charge in [0.25, 0.3) is 0 Å². The highest BCUT2D eigenvalue weighted by atomic mass is 16.3. The van der Waals surface area contributed by atoms with Gasteiger partial charge in [-0.15, -0.1) is 0 Å². The average Bonchev–Trinajstić information content (AvgIpc) is 2.27. The summed E-state index contributed by atoms with van der Waals surface area (Å²) < 4.78 is 0. The van der Waals surface area contributed by atoms with Crippen LogP contribution < -0.4 is 5.32 Å². The molecular weight excluding hydrogens is 162 g/mol. The molecule has 0 heterocycles. The molecule has 1 aliphatic rings. The monoisotopic (exact) mass is 185 g/mol. The fourth-order valence-corrected chi connectivity index (χ4v) is 1.91. The molecule has 0 amide bonds. The second-order valence-corrected chi connectivity index (χ2v) is 4.61. The van der Waals surface area contributed by atoms with Crippen molar-refractivity contribution in [2.24, 2.45) is 5.92 Å². The zero-order valence-corrected chi connectivity index (χ0v) is 8.92. The van der Waals surface area contributed by atoms with Gasteiger partial charge in [-0.1, -0.05) is 33.1 Å². The maximum Gasteiger partial charge on any atom is 0.0693 e. The molecule has 0 aromatic rings. The van der Waals surface area contributed by atoms with Crippen molar-refractivity contribution in [3.63, 3.8) is 0 Å². The molecule has 0 aliphatic heterocycles. The summed E-state index contributed by atoms with van der Waals surface area (Å²) in [5.41, 5.74) is 0. The largest absolute Gasteiger partial charge is 0.392 e. The van der Waals surface area contributed by atoms with Gasteiger partial charge >= 0.3 is 0 Å². The minimum absolute atomic E-state index is 0.110. The SMILES string of the molecule is CC(C)CNC1CCCCCC1O. The van der Waals surface area contributed by atoms with Crippen LogP contribution in [-0.4, -0.2) is 23.8 Å². The summed E-state index contributed by atoms with van der Waals surface area (Å²) in [5, 5.41) is 13.3. The van der Waals surface area contributed by atoms with Crippen LogP contribution in [0.3, 0.4) is 0 Å². The molecule has 0 bridgehead atoms. The van der Waals surface area contributed by atoms with Crippen molar-refractivity contribution in [1.29, 1.82) is 0 Å². The fraction of sp³-hybridized carbons (Fsp3) is 1.00. The van der Waals surface area contributed by atoms with Crippen molar-refractivity contribution >= 4 is 0 Å². The minimum atomic E-state index is -0.110. The third kappa shape index (κ3) is 4.10. The molecule has 1 saturated carbocycles. The molecule has 1 aliphatic carbocycles. The topological polar surface area (TPSA) is 32.3 Å². The molecule has 2 heteroatoms. The molecule has 78 valence electrons. The summed E-state index contributed by atoms with van der Waals surface area (Å²) >= 11 is 0. The highest BCUT2D eigenvalue weighted by Gasteiger charge is 2.20. The van der Waals surface area contributed by atoms with Gasteiger partial charge in [0.1, 0.15) is 0 Å². The normalized spacial score (nSPS) is 30.5. The molecular formula is C11H23NO. The number of nitrogens with one attached hydrogen (secondary N) is 1. The quantitative estimate of drug-likeness (QED) is 0.658. The summed E-state index contributed by atoms with van der Waals surface area (Å²) in [6.07, 6.45) is 5.77. The van der Waals surface area contributed by atoms with Crippen LogP contribution in [0.15, 0.2) is 0 Å². The van der Waals surface area contributed by atoms with Gasteiger partial charge < -0.3 is 10.4 Å². The highest BCUT2D eigenvalue weighted by Crippen LogP contribution is 2.18. The van der Waals surface area contributed by atoms with E-state index >= 15 is 0 Å². The number of aliphatic hydroxyl groups is 1. The van der Waals surface area contributed by atoms with Gasteiger partial charge in [-0.3, -0.25) is 0 Å². The first kappa shape index (κ1) is 11.0. The Kier molecular flexibility index (Phi) is 4.74. The molecule has 2 N–H and O–H groups in total. The van der Waals surface area contributed by atoms with E-state index in [9.17, 15) is 5.11 Å². The smallest absolute Gasteiger partial charge is 0.0693 e. The first-order valence-electron chi connectivity index (χ1n) is 5.61. The van der Waals surface area contributed by atoms with Gasteiger partial charge in [-0.05, 0) is 25.3 Å². The molecule has 1 fully saturated rings. The van der Waals surface area contributed by atoms with Crippen LogP contribution in [0, 0.1) is 5.92 Å². The zero-order valence-electron chi connectivity index (χ0n) is 8.92. The molecule has 1 rings (SSSR count). The molecule has 0 radical (unpaired) electrons. The fourth-order valence-electron chi connectivity index (χ4n) is 1.91. The number of hydrogen-bond donors (Lipinski definition) is 2. The standard InChI is InChI=1S/C11H23NO/c1-9(2)8-12-10-6-4-3-5-7-11(10)13/h9-13H,3-8H2,1-2H3. The third-order valence-corrected chi connectivity index (χ3v) is 2.77. The lowest BCUT2D eigenvalue weighted by Crippen LogP contribution is -2.40. The van der Waals surface area contributed by atoms with E-state index in [2.05, 4.69) is 19.2 Å². The average molecular weight is 185 g/mol. The molecule has 2 atom stereocenters. The predicted molar refractivity (Wildman–Crippen MR) is 55.7 cm³/mol. The Morgan fingerprint density at radius 2 is 1.92 bits per heavy atom. The van der Waals surface area contributed by atoms with E-state index in [-0.39, 0.29) is 6.10 Å². The van der Waals surface area contributed by atoms with Crippen molar-refractivity contribution in [3.8, 4) is 0 Å². The first-order valence-corrected chi connectivity index (χ1v) is 5.61. The van der Waals surface area contributed by atoms with E-state index in [4.69, 9.17) is 0 Å². The van der Waals surface area contributed by atoms with Gasteiger partial charge in [-0.2, -0.15) is 0 Å². The van der Waals surface area contributed by atoms with Crippen LogP contribution in [0.5, 0.6) is 0 Å². The lowest BCUT2D eigenvalue weighted by Gasteiger charge is -2.22. The van der Waals surface area contributed by atoms with Crippen LogP contribution in [0.4, 0.5) is 0 Å². The summed E-state index contributed by atoms with van der Waals surface area (Å²) in [4.78, 5) is 0. The molecule has 2 nitrogen and oxygen atoms in total. The van der Waals surface area contributed by atoms with E-state index < -0.39 is 0 Å². The Labute approximate surface area is 81.7 Å². The first-order chi connectivity index (χ1) is 6.20. The molecule has 0 aromatic carbocycles. The van der Waals surface area contributed by atoms with Crippen LogP contribution in [0.2, 0.25) is 0 Å². The van der Waals surface area contributed by atoms with Crippen molar-refractivity contribution in [3.05, 3.63) is 0 Å². The minimum Gasteiger partial charge on any atom is -0.392 e. The van der Waals surface area contributed by atoms with Crippen molar-refractivity contribution in [1.82, 2.24) is 5.32 Å². The van der Waals surface area contributed by atoms with Crippen LogP contribution in [0.1, 0.15) is 46.0 Å². The summed E-state index contributed by atoms with van der Waals surface area (Å²) in [7, 11) is 0. The van der Waals surface area contributed by atoms with Gasteiger partial charge in [0, 0.05) is 6.04 Å².